The summed E-state index contributed by atoms with van der Waals surface area (Å²) in [5, 5.41) is 9.01. The maximum Gasteiger partial charge on any atom is 0.0954 e. The first-order valence-corrected chi connectivity index (χ1v) is 4.70. The van der Waals surface area contributed by atoms with Crippen molar-refractivity contribution in [3.8, 4) is 0 Å². The van der Waals surface area contributed by atoms with Crippen molar-refractivity contribution in [1.82, 2.24) is 0 Å². The van der Waals surface area contributed by atoms with Crippen molar-refractivity contribution in [2.24, 2.45) is 0 Å². The average Bonchev–Trinajstić information content (AvgIpc) is 2.06. The maximum absolute atomic E-state index is 9.01. The van der Waals surface area contributed by atoms with E-state index in [9.17, 15) is 0 Å². The van der Waals surface area contributed by atoms with Crippen LogP contribution in [0.4, 0.5) is 0 Å². The van der Waals surface area contributed by atoms with Crippen molar-refractivity contribution in [3.05, 3.63) is 37.3 Å². The van der Waals surface area contributed by atoms with Gasteiger partial charge in [0, 0.05) is 4.90 Å². The van der Waals surface area contributed by atoms with E-state index >= 15 is 0 Å². The molecule has 0 spiro atoms. The van der Waals surface area contributed by atoms with E-state index in [4.69, 9.17) is 17.3 Å². The normalized spacial score (nSPS) is 12.5. The molecule has 0 aliphatic rings. The van der Waals surface area contributed by atoms with Gasteiger partial charge in [0.05, 0.1) is 10.3 Å². The average molecular weight is 197 g/mol. The highest BCUT2D eigenvalue weighted by atomic mass is 32.2. The van der Waals surface area contributed by atoms with Gasteiger partial charge in [0.1, 0.15) is 0 Å². The summed E-state index contributed by atoms with van der Waals surface area (Å²) in [5.41, 5.74) is 0. The van der Waals surface area contributed by atoms with Crippen molar-refractivity contribution in [2.45, 2.75) is 11.0 Å². The lowest BCUT2D eigenvalue weighted by Gasteiger charge is -2.04. The van der Waals surface area contributed by atoms with Crippen molar-refractivity contribution in [3.63, 3.8) is 0 Å². The van der Waals surface area contributed by atoms with Gasteiger partial charge in [0.15, 0.2) is 0 Å². The molecule has 1 unspecified atom stereocenters. The Kier molecular flexibility index (Phi) is 3.72. The Morgan fingerprint density at radius 2 is 2.00 bits per heavy atom. The molecule has 12 heavy (non-hydrogen) atoms. The van der Waals surface area contributed by atoms with Crippen molar-refractivity contribution < 1.29 is 5.11 Å². The van der Waals surface area contributed by atoms with Gasteiger partial charge in [0.25, 0.3) is 0 Å². The smallest absolute Gasteiger partial charge is 0.0954 e. The first-order valence-electron chi connectivity index (χ1n) is 3.48. The van der Waals surface area contributed by atoms with Gasteiger partial charge in [-0.25, -0.2) is 0 Å². The molecule has 0 bridgehead atoms. The highest BCUT2D eigenvalue weighted by Gasteiger charge is 2.05. The van der Waals surface area contributed by atoms with Crippen LogP contribution in [0.5, 0.6) is 0 Å². The Hall–Kier alpha value is -0.380. The van der Waals surface area contributed by atoms with E-state index in [0.29, 0.717) is 4.20 Å². The summed E-state index contributed by atoms with van der Waals surface area (Å²) in [4.78, 5) is 1.03. The molecule has 0 aliphatic heterocycles. The molecule has 1 aromatic carbocycles. The van der Waals surface area contributed by atoms with E-state index in [2.05, 4.69) is 6.92 Å². The molecule has 1 rings (SSSR count). The number of hydrogen-bond donors (Lipinski definition) is 1. The summed E-state index contributed by atoms with van der Waals surface area (Å²) in [6.45, 7) is 3.43. The molecule has 1 radical (unpaired) electrons. The van der Waals surface area contributed by atoms with E-state index in [0.717, 1.165) is 4.90 Å². The second-order valence-corrected chi connectivity index (χ2v) is 4.06. The van der Waals surface area contributed by atoms with Crippen LogP contribution in [-0.4, -0.2) is 15.4 Å². The fourth-order valence-electron chi connectivity index (χ4n) is 0.673. The number of hydrogen-bond acceptors (Lipinski definition) is 3. The summed E-state index contributed by atoms with van der Waals surface area (Å²) >= 11 is 6.28. The van der Waals surface area contributed by atoms with E-state index in [-0.39, 0.29) is 0 Å². The number of rotatable bonds is 2. The molecule has 0 amide bonds. The van der Waals surface area contributed by atoms with Gasteiger partial charge in [-0.2, -0.15) is 0 Å². The molecule has 3 heteroatoms. The molecular formula is C9H9OS2. The van der Waals surface area contributed by atoms with Crippen molar-refractivity contribution in [2.75, 3.05) is 0 Å². The third-order valence-corrected chi connectivity index (χ3v) is 2.74. The lowest BCUT2D eigenvalue weighted by Crippen LogP contribution is -2.09. The topological polar surface area (TPSA) is 20.2 Å². The van der Waals surface area contributed by atoms with Crippen LogP contribution in [0.25, 0.3) is 0 Å². The van der Waals surface area contributed by atoms with Gasteiger partial charge < -0.3 is 5.11 Å². The molecule has 1 atom stereocenters. The zero-order valence-corrected chi connectivity index (χ0v) is 8.07. The Balaban J connectivity index is 2.59. The number of aliphatic hydroxyl groups is 1. The standard InChI is InChI=1S/C9H9OS2/c1-7(10)9(11)12-8-5-3-2-4-6-8/h2-7,10H,1H2. The van der Waals surface area contributed by atoms with E-state index in [1.807, 2.05) is 30.3 Å². The van der Waals surface area contributed by atoms with Gasteiger partial charge in [-0.05, 0) is 19.1 Å². The second kappa shape index (κ2) is 4.60. The number of benzene rings is 1. The van der Waals surface area contributed by atoms with Crippen LogP contribution in [0.3, 0.4) is 0 Å². The quantitative estimate of drug-likeness (QED) is 0.580. The Morgan fingerprint density at radius 1 is 1.42 bits per heavy atom. The first-order chi connectivity index (χ1) is 5.70. The fraction of sp³-hybridized carbons (Fsp3) is 0.111. The largest absolute Gasteiger partial charge is 0.387 e. The highest BCUT2D eigenvalue weighted by Crippen LogP contribution is 2.20. The van der Waals surface area contributed by atoms with Crippen LogP contribution in [0.2, 0.25) is 0 Å². The maximum atomic E-state index is 9.01. The molecule has 0 heterocycles. The number of aliphatic hydroxyl groups excluding tert-OH is 1. The van der Waals surface area contributed by atoms with Gasteiger partial charge in [-0.15, -0.1) is 0 Å². The molecule has 63 valence electrons. The minimum absolute atomic E-state index is 0.501. The van der Waals surface area contributed by atoms with E-state index in [1.165, 1.54) is 11.8 Å². The summed E-state index contributed by atoms with van der Waals surface area (Å²) in [6, 6.07) is 9.69. The van der Waals surface area contributed by atoms with Crippen LogP contribution in [-0.2, 0) is 0 Å². The second-order valence-electron chi connectivity index (χ2n) is 2.25. The van der Waals surface area contributed by atoms with Crippen LogP contribution in [0.15, 0.2) is 35.2 Å². The van der Waals surface area contributed by atoms with Crippen LogP contribution in [0.1, 0.15) is 0 Å². The summed E-state index contributed by atoms with van der Waals surface area (Å²) in [6.07, 6.45) is -0.773. The molecule has 0 saturated heterocycles. The number of thioether (sulfide) groups is 1. The van der Waals surface area contributed by atoms with Crippen LogP contribution >= 0.6 is 24.0 Å². The Morgan fingerprint density at radius 3 is 2.50 bits per heavy atom. The predicted molar refractivity (Wildman–Crippen MR) is 56.3 cm³/mol. The zero-order valence-electron chi connectivity index (χ0n) is 6.43. The monoisotopic (exact) mass is 197 g/mol. The fourth-order valence-corrected chi connectivity index (χ4v) is 1.62. The van der Waals surface area contributed by atoms with Gasteiger partial charge in [0.2, 0.25) is 0 Å². The molecule has 1 nitrogen and oxygen atoms in total. The SMILES string of the molecule is [CH2]C(O)C(=S)Sc1ccccc1. The molecule has 0 saturated carbocycles. The lowest BCUT2D eigenvalue weighted by atomic mass is 10.4. The molecule has 1 N–H and O–H groups in total. The summed E-state index contributed by atoms with van der Waals surface area (Å²) in [7, 11) is 0. The van der Waals surface area contributed by atoms with Crippen molar-refractivity contribution in [1.29, 1.82) is 0 Å². The zero-order chi connectivity index (χ0) is 8.97. The molecule has 1 aromatic rings. The minimum atomic E-state index is -0.773. The van der Waals surface area contributed by atoms with Gasteiger partial charge in [-0.3, -0.25) is 0 Å². The summed E-state index contributed by atoms with van der Waals surface area (Å²) < 4.78 is 0.501. The Labute approximate surface area is 81.8 Å². The van der Waals surface area contributed by atoms with Crippen molar-refractivity contribution >= 4 is 28.2 Å². The lowest BCUT2D eigenvalue weighted by molar-refractivity contribution is 0.292. The summed E-state index contributed by atoms with van der Waals surface area (Å²) in [5.74, 6) is 0. The molecule has 0 aliphatic carbocycles. The predicted octanol–water partition coefficient (Wildman–Crippen LogP) is 2.30. The first kappa shape index (κ1) is 9.71. The van der Waals surface area contributed by atoms with E-state index in [1.54, 1.807) is 0 Å². The third kappa shape index (κ3) is 2.93. The third-order valence-electron chi connectivity index (χ3n) is 1.23. The molecule has 0 fully saturated rings. The van der Waals surface area contributed by atoms with Gasteiger partial charge in [-0.1, -0.05) is 42.2 Å². The van der Waals surface area contributed by atoms with E-state index < -0.39 is 6.10 Å². The number of thiocarbonyl (C=S) groups is 1. The minimum Gasteiger partial charge on any atom is -0.387 e. The molecular weight excluding hydrogens is 188 g/mol. The van der Waals surface area contributed by atoms with Crippen LogP contribution < -0.4 is 0 Å². The van der Waals surface area contributed by atoms with Crippen LogP contribution in [0, 0.1) is 6.92 Å². The highest BCUT2D eigenvalue weighted by molar-refractivity contribution is 8.23. The van der Waals surface area contributed by atoms with Gasteiger partial charge >= 0.3 is 0 Å². The molecule has 0 aromatic heterocycles. The Bertz CT molecular complexity index is 256.